The van der Waals surface area contributed by atoms with Crippen molar-refractivity contribution in [3.05, 3.63) is 18.0 Å². The average molecular weight is 346 g/mol. The topological polar surface area (TPSA) is 50.6 Å². The Morgan fingerprint density at radius 3 is 2.56 bits per heavy atom. The second-order valence-electron chi connectivity index (χ2n) is 7.79. The second kappa shape index (κ2) is 7.46. The van der Waals surface area contributed by atoms with Crippen molar-refractivity contribution in [2.75, 3.05) is 32.8 Å². The summed E-state index contributed by atoms with van der Waals surface area (Å²) in [6.07, 6.45) is 10.5. The number of piperidine rings is 1. The lowest BCUT2D eigenvalue weighted by Crippen LogP contribution is -2.52. The van der Waals surface area contributed by atoms with Gasteiger partial charge in [0.1, 0.15) is 0 Å². The molecule has 4 heterocycles. The zero-order valence-corrected chi connectivity index (χ0v) is 15.3. The molecule has 0 bridgehead atoms. The van der Waals surface area contributed by atoms with E-state index in [0.717, 1.165) is 71.4 Å². The quantitative estimate of drug-likeness (QED) is 0.837. The smallest absolute Gasteiger partial charge is 0.239 e. The molecule has 0 saturated carbocycles. The van der Waals surface area contributed by atoms with E-state index in [0.29, 0.717) is 17.9 Å². The number of carbonyl (C=O) groups is 1. The van der Waals surface area contributed by atoms with Crippen molar-refractivity contribution in [2.24, 2.45) is 7.05 Å². The fourth-order valence-electron chi connectivity index (χ4n) is 4.80. The molecule has 1 aromatic rings. The van der Waals surface area contributed by atoms with Crippen molar-refractivity contribution in [1.29, 1.82) is 0 Å². The Balaban J connectivity index is 1.35. The molecule has 0 aromatic carbocycles. The lowest BCUT2D eigenvalue weighted by atomic mass is 9.91. The monoisotopic (exact) mass is 346 g/mol. The third-order valence-corrected chi connectivity index (χ3v) is 6.24. The van der Waals surface area contributed by atoms with Crippen LogP contribution in [0.5, 0.6) is 0 Å². The van der Waals surface area contributed by atoms with E-state index in [9.17, 15) is 4.79 Å². The maximum absolute atomic E-state index is 13.1. The second-order valence-corrected chi connectivity index (χ2v) is 7.79. The van der Waals surface area contributed by atoms with Gasteiger partial charge < -0.3 is 9.64 Å². The minimum absolute atomic E-state index is 0.109. The van der Waals surface area contributed by atoms with Crippen LogP contribution in [0.4, 0.5) is 0 Å². The lowest BCUT2D eigenvalue weighted by Gasteiger charge is -2.39. The standard InChI is InChI=1S/C19H30N4O2/c1-21-14-16(13-20-21)15-4-9-22(10-5-15)19(24)18-3-2-8-23(18)17-6-11-25-12-7-17/h13-15,17-18H,2-12H2,1H3/t18-/m0/s1. The number of aromatic nitrogens is 2. The molecule has 1 aromatic heterocycles. The summed E-state index contributed by atoms with van der Waals surface area (Å²) in [5, 5.41) is 4.29. The summed E-state index contributed by atoms with van der Waals surface area (Å²) in [6, 6.07) is 0.649. The number of ether oxygens (including phenoxy) is 1. The number of hydrogen-bond acceptors (Lipinski definition) is 4. The Hall–Kier alpha value is -1.40. The summed E-state index contributed by atoms with van der Waals surface area (Å²) in [4.78, 5) is 17.7. The van der Waals surface area contributed by atoms with E-state index in [2.05, 4.69) is 21.1 Å². The van der Waals surface area contributed by atoms with E-state index in [-0.39, 0.29) is 6.04 Å². The number of carbonyl (C=O) groups excluding carboxylic acids is 1. The van der Waals surface area contributed by atoms with Gasteiger partial charge >= 0.3 is 0 Å². The molecule has 6 nitrogen and oxygen atoms in total. The summed E-state index contributed by atoms with van der Waals surface area (Å²) in [7, 11) is 1.97. The van der Waals surface area contributed by atoms with Crippen LogP contribution >= 0.6 is 0 Å². The van der Waals surface area contributed by atoms with E-state index in [1.165, 1.54) is 5.56 Å². The fraction of sp³-hybridized carbons (Fsp3) is 0.789. The average Bonchev–Trinajstić information content (AvgIpc) is 3.31. The Morgan fingerprint density at radius 1 is 1.12 bits per heavy atom. The van der Waals surface area contributed by atoms with Crippen molar-refractivity contribution in [3.8, 4) is 0 Å². The maximum Gasteiger partial charge on any atom is 0.239 e. The molecule has 3 fully saturated rings. The fourth-order valence-corrected chi connectivity index (χ4v) is 4.80. The largest absolute Gasteiger partial charge is 0.381 e. The van der Waals surface area contributed by atoms with Crippen LogP contribution < -0.4 is 0 Å². The Bertz CT molecular complexity index is 588. The number of hydrogen-bond donors (Lipinski definition) is 0. The highest BCUT2D eigenvalue weighted by Crippen LogP contribution is 2.31. The van der Waals surface area contributed by atoms with Gasteiger partial charge in [0.2, 0.25) is 5.91 Å². The molecule has 3 aliphatic heterocycles. The van der Waals surface area contributed by atoms with E-state index in [1.54, 1.807) is 0 Å². The van der Waals surface area contributed by atoms with Gasteiger partial charge in [0.05, 0.1) is 12.2 Å². The molecule has 0 aliphatic carbocycles. The molecule has 4 rings (SSSR count). The molecule has 25 heavy (non-hydrogen) atoms. The molecule has 0 radical (unpaired) electrons. The Kier molecular flexibility index (Phi) is 5.08. The zero-order valence-electron chi connectivity index (χ0n) is 15.3. The number of nitrogens with zero attached hydrogens (tertiary/aromatic N) is 4. The molecule has 0 unspecified atom stereocenters. The minimum atomic E-state index is 0.109. The third-order valence-electron chi connectivity index (χ3n) is 6.24. The molecular weight excluding hydrogens is 316 g/mol. The summed E-state index contributed by atoms with van der Waals surface area (Å²) >= 11 is 0. The first-order valence-electron chi connectivity index (χ1n) is 9.83. The van der Waals surface area contributed by atoms with Gasteiger partial charge in [-0.2, -0.15) is 5.10 Å². The molecule has 3 saturated heterocycles. The van der Waals surface area contributed by atoms with E-state index in [4.69, 9.17) is 4.74 Å². The zero-order chi connectivity index (χ0) is 17.2. The highest BCUT2D eigenvalue weighted by Gasteiger charge is 2.38. The number of amides is 1. The first kappa shape index (κ1) is 17.0. The van der Waals surface area contributed by atoms with Crippen LogP contribution in [0.25, 0.3) is 0 Å². The number of likely N-dealkylation sites (tertiary alicyclic amines) is 2. The highest BCUT2D eigenvalue weighted by atomic mass is 16.5. The van der Waals surface area contributed by atoms with Gasteiger partial charge in [-0.05, 0) is 56.6 Å². The predicted octanol–water partition coefficient (Wildman–Crippen LogP) is 1.77. The third kappa shape index (κ3) is 3.60. The van der Waals surface area contributed by atoms with Crippen LogP contribution in [0.1, 0.15) is 50.0 Å². The SMILES string of the molecule is Cn1cc(C2CCN(C(=O)[C@@H]3CCCN3C3CCOCC3)CC2)cn1. The van der Waals surface area contributed by atoms with Gasteiger partial charge in [-0.15, -0.1) is 0 Å². The van der Waals surface area contributed by atoms with Crippen molar-refractivity contribution < 1.29 is 9.53 Å². The molecule has 138 valence electrons. The molecule has 1 atom stereocenters. The molecule has 1 amide bonds. The number of aryl methyl sites for hydroxylation is 1. The minimum Gasteiger partial charge on any atom is -0.381 e. The van der Waals surface area contributed by atoms with Crippen LogP contribution in [-0.4, -0.2) is 70.4 Å². The molecule has 0 N–H and O–H groups in total. The molecule has 0 spiro atoms. The van der Waals surface area contributed by atoms with Crippen LogP contribution in [0.2, 0.25) is 0 Å². The lowest BCUT2D eigenvalue weighted by molar-refractivity contribution is -0.138. The van der Waals surface area contributed by atoms with E-state index >= 15 is 0 Å². The highest BCUT2D eigenvalue weighted by molar-refractivity contribution is 5.82. The molecule has 6 heteroatoms. The van der Waals surface area contributed by atoms with Crippen LogP contribution in [0.3, 0.4) is 0 Å². The summed E-state index contributed by atoms with van der Waals surface area (Å²) in [6.45, 7) is 4.54. The summed E-state index contributed by atoms with van der Waals surface area (Å²) < 4.78 is 7.37. The van der Waals surface area contributed by atoms with E-state index < -0.39 is 0 Å². The van der Waals surface area contributed by atoms with Gasteiger partial charge in [-0.25, -0.2) is 0 Å². The molecule has 3 aliphatic rings. The Morgan fingerprint density at radius 2 is 1.88 bits per heavy atom. The summed E-state index contributed by atoms with van der Waals surface area (Å²) in [5.74, 6) is 0.918. The Labute approximate surface area is 150 Å². The first-order chi connectivity index (χ1) is 12.2. The first-order valence-corrected chi connectivity index (χ1v) is 9.83. The van der Waals surface area contributed by atoms with Crippen molar-refractivity contribution in [2.45, 2.75) is 56.5 Å². The normalized spacial score (nSPS) is 27.1. The van der Waals surface area contributed by atoms with Crippen molar-refractivity contribution >= 4 is 5.91 Å². The van der Waals surface area contributed by atoms with Gasteiger partial charge in [0.15, 0.2) is 0 Å². The van der Waals surface area contributed by atoms with Gasteiger partial charge in [0.25, 0.3) is 0 Å². The van der Waals surface area contributed by atoms with Crippen molar-refractivity contribution in [1.82, 2.24) is 19.6 Å². The van der Waals surface area contributed by atoms with Gasteiger partial charge in [0, 0.05) is 45.6 Å². The molecular formula is C19H30N4O2. The summed E-state index contributed by atoms with van der Waals surface area (Å²) in [5.41, 5.74) is 1.32. The van der Waals surface area contributed by atoms with Gasteiger partial charge in [-0.1, -0.05) is 0 Å². The van der Waals surface area contributed by atoms with Crippen molar-refractivity contribution in [3.63, 3.8) is 0 Å². The predicted molar refractivity (Wildman–Crippen MR) is 95.3 cm³/mol. The van der Waals surface area contributed by atoms with Crippen LogP contribution in [0.15, 0.2) is 12.4 Å². The maximum atomic E-state index is 13.1. The van der Waals surface area contributed by atoms with E-state index in [1.807, 2.05) is 17.9 Å². The van der Waals surface area contributed by atoms with Crippen LogP contribution in [0, 0.1) is 0 Å². The number of rotatable bonds is 3. The van der Waals surface area contributed by atoms with Gasteiger partial charge in [-0.3, -0.25) is 14.4 Å². The van der Waals surface area contributed by atoms with Crippen LogP contribution in [-0.2, 0) is 16.6 Å².